The van der Waals surface area contributed by atoms with Crippen molar-refractivity contribution in [2.24, 2.45) is 11.8 Å². The first-order valence-electron chi connectivity index (χ1n) is 8.31. The van der Waals surface area contributed by atoms with Crippen molar-refractivity contribution >= 4 is 5.91 Å². The van der Waals surface area contributed by atoms with Gasteiger partial charge in [0.1, 0.15) is 0 Å². The van der Waals surface area contributed by atoms with Crippen molar-refractivity contribution in [1.29, 1.82) is 0 Å². The molecule has 0 aromatic carbocycles. The Balaban J connectivity index is 1.67. The third-order valence-electron chi connectivity index (χ3n) is 5.61. The Hall–Kier alpha value is -0.570. The van der Waals surface area contributed by atoms with Gasteiger partial charge in [0.2, 0.25) is 5.91 Å². The standard InChI is InChI=1S/C16H28N2O/c1-12-14(8-4-10-17-12)16(19)18-11-5-9-15(18)13-6-2-3-7-13/h12-15,17H,2-11H2,1H3. The van der Waals surface area contributed by atoms with Gasteiger partial charge in [0.15, 0.2) is 0 Å². The van der Waals surface area contributed by atoms with E-state index in [1.54, 1.807) is 0 Å². The SMILES string of the molecule is CC1NCCCC1C(=O)N1CCCC1C1CCCC1. The summed E-state index contributed by atoms with van der Waals surface area (Å²) in [7, 11) is 0. The smallest absolute Gasteiger partial charge is 0.227 e. The van der Waals surface area contributed by atoms with E-state index in [0.29, 0.717) is 18.0 Å². The molecule has 3 atom stereocenters. The van der Waals surface area contributed by atoms with Crippen LogP contribution in [0.3, 0.4) is 0 Å². The van der Waals surface area contributed by atoms with Gasteiger partial charge >= 0.3 is 0 Å². The zero-order chi connectivity index (χ0) is 13.2. The van der Waals surface area contributed by atoms with Crippen LogP contribution in [-0.4, -0.2) is 36.0 Å². The predicted octanol–water partition coefficient (Wildman–Crippen LogP) is 2.56. The molecule has 1 N–H and O–H groups in total. The second-order valence-corrected chi connectivity index (χ2v) is 6.78. The topological polar surface area (TPSA) is 32.3 Å². The predicted molar refractivity (Wildman–Crippen MR) is 76.9 cm³/mol. The van der Waals surface area contributed by atoms with E-state index in [-0.39, 0.29) is 5.92 Å². The molecular weight excluding hydrogens is 236 g/mol. The molecule has 1 aliphatic carbocycles. The number of nitrogens with one attached hydrogen (secondary N) is 1. The summed E-state index contributed by atoms with van der Waals surface area (Å²) in [5.41, 5.74) is 0. The molecule has 2 saturated heterocycles. The molecule has 0 radical (unpaired) electrons. The Labute approximate surface area is 117 Å². The fraction of sp³-hybridized carbons (Fsp3) is 0.938. The Morgan fingerprint density at radius 1 is 1.05 bits per heavy atom. The highest BCUT2D eigenvalue weighted by Crippen LogP contribution is 2.36. The van der Waals surface area contributed by atoms with Crippen LogP contribution in [0.4, 0.5) is 0 Å². The fourth-order valence-corrected chi connectivity index (χ4v) is 4.49. The first-order valence-corrected chi connectivity index (χ1v) is 8.31. The number of rotatable bonds is 2. The minimum Gasteiger partial charge on any atom is -0.339 e. The molecule has 0 aromatic rings. The second kappa shape index (κ2) is 5.82. The first kappa shape index (κ1) is 13.4. The number of hydrogen-bond acceptors (Lipinski definition) is 2. The largest absolute Gasteiger partial charge is 0.339 e. The third kappa shape index (κ3) is 2.67. The second-order valence-electron chi connectivity index (χ2n) is 6.78. The lowest BCUT2D eigenvalue weighted by Gasteiger charge is -2.36. The molecule has 3 rings (SSSR count). The van der Waals surface area contributed by atoms with Crippen molar-refractivity contribution in [2.45, 2.75) is 70.4 Å². The molecule has 19 heavy (non-hydrogen) atoms. The van der Waals surface area contributed by atoms with Crippen LogP contribution in [0.5, 0.6) is 0 Å². The molecule has 1 amide bonds. The summed E-state index contributed by atoms with van der Waals surface area (Å²) in [5.74, 6) is 1.49. The molecule has 0 bridgehead atoms. The van der Waals surface area contributed by atoms with Crippen LogP contribution >= 0.6 is 0 Å². The molecule has 3 nitrogen and oxygen atoms in total. The maximum Gasteiger partial charge on any atom is 0.227 e. The van der Waals surface area contributed by atoms with Crippen molar-refractivity contribution in [3.8, 4) is 0 Å². The average Bonchev–Trinajstić information content (AvgIpc) is 3.09. The molecule has 0 spiro atoms. The van der Waals surface area contributed by atoms with Crippen molar-refractivity contribution in [3.05, 3.63) is 0 Å². The number of likely N-dealkylation sites (tertiary alicyclic amines) is 1. The number of carbonyl (C=O) groups excluding carboxylic acids is 1. The van der Waals surface area contributed by atoms with Gasteiger partial charge in [-0.15, -0.1) is 0 Å². The lowest BCUT2D eigenvalue weighted by atomic mass is 9.89. The minimum atomic E-state index is 0.232. The summed E-state index contributed by atoms with van der Waals surface area (Å²) in [4.78, 5) is 15.1. The minimum absolute atomic E-state index is 0.232. The third-order valence-corrected chi connectivity index (χ3v) is 5.61. The van der Waals surface area contributed by atoms with Gasteiger partial charge in [-0.2, -0.15) is 0 Å². The molecular formula is C16H28N2O. The fourth-order valence-electron chi connectivity index (χ4n) is 4.49. The summed E-state index contributed by atoms with van der Waals surface area (Å²) in [5, 5.41) is 3.47. The normalized spacial score (nSPS) is 36.9. The van der Waals surface area contributed by atoms with E-state index in [2.05, 4.69) is 17.1 Å². The van der Waals surface area contributed by atoms with Crippen LogP contribution in [-0.2, 0) is 4.79 Å². The van der Waals surface area contributed by atoms with Crippen molar-refractivity contribution in [2.75, 3.05) is 13.1 Å². The van der Waals surface area contributed by atoms with E-state index < -0.39 is 0 Å². The van der Waals surface area contributed by atoms with E-state index >= 15 is 0 Å². The van der Waals surface area contributed by atoms with Crippen LogP contribution in [0.15, 0.2) is 0 Å². The van der Waals surface area contributed by atoms with Gasteiger partial charge in [0, 0.05) is 18.6 Å². The molecule has 3 aliphatic rings. The number of piperidine rings is 1. The zero-order valence-electron chi connectivity index (χ0n) is 12.2. The average molecular weight is 264 g/mol. The Bertz CT molecular complexity index is 325. The highest BCUT2D eigenvalue weighted by atomic mass is 16.2. The molecule has 2 heterocycles. The Morgan fingerprint density at radius 2 is 1.84 bits per heavy atom. The van der Waals surface area contributed by atoms with E-state index in [4.69, 9.17) is 0 Å². The van der Waals surface area contributed by atoms with Crippen LogP contribution < -0.4 is 5.32 Å². The van der Waals surface area contributed by atoms with E-state index in [0.717, 1.165) is 31.8 Å². The van der Waals surface area contributed by atoms with Crippen LogP contribution in [0.25, 0.3) is 0 Å². The Morgan fingerprint density at radius 3 is 2.58 bits per heavy atom. The van der Waals surface area contributed by atoms with Crippen LogP contribution in [0, 0.1) is 11.8 Å². The monoisotopic (exact) mass is 264 g/mol. The summed E-state index contributed by atoms with van der Waals surface area (Å²) >= 11 is 0. The first-order chi connectivity index (χ1) is 9.27. The summed E-state index contributed by atoms with van der Waals surface area (Å²) in [6.07, 6.45) is 10.2. The summed E-state index contributed by atoms with van der Waals surface area (Å²) < 4.78 is 0. The molecule has 1 saturated carbocycles. The van der Waals surface area contributed by atoms with Crippen molar-refractivity contribution in [1.82, 2.24) is 10.2 Å². The van der Waals surface area contributed by atoms with E-state index in [1.165, 1.54) is 38.5 Å². The number of nitrogens with zero attached hydrogens (tertiary/aromatic N) is 1. The molecule has 3 heteroatoms. The molecule has 108 valence electrons. The van der Waals surface area contributed by atoms with Gasteiger partial charge < -0.3 is 10.2 Å². The highest BCUT2D eigenvalue weighted by Gasteiger charge is 2.39. The Kier molecular flexibility index (Phi) is 4.11. The lowest BCUT2D eigenvalue weighted by Crippen LogP contribution is -2.50. The van der Waals surface area contributed by atoms with Gasteiger partial charge in [-0.05, 0) is 57.9 Å². The van der Waals surface area contributed by atoms with Gasteiger partial charge in [0.25, 0.3) is 0 Å². The molecule has 0 aromatic heterocycles. The zero-order valence-corrected chi connectivity index (χ0v) is 12.2. The van der Waals surface area contributed by atoms with Gasteiger partial charge in [-0.1, -0.05) is 12.8 Å². The van der Waals surface area contributed by atoms with Gasteiger partial charge in [-0.25, -0.2) is 0 Å². The number of carbonyl (C=O) groups is 1. The highest BCUT2D eigenvalue weighted by molar-refractivity contribution is 5.80. The van der Waals surface area contributed by atoms with Crippen molar-refractivity contribution < 1.29 is 4.79 Å². The number of amides is 1. The maximum atomic E-state index is 12.9. The van der Waals surface area contributed by atoms with Gasteiger partial charge in [0.05, 0.1) is 5.92 Å². The van der Waals surface area contributed by atoms with Crippen molar-refractivity contribution in [3.63, 3.8) is 0 Å². The maximum absolute atomic E-state index is 12.9. The van der Waals surface area contributed by atoms with E-state index in [1.807, 2.05) is 0 Å². The molecule has 3 fully saturated rings. The summed E-state index contributed by atoms with van der Waals surface area (Å²) in [6, 6.07) is 0.940. The van der Waals surface area contributed by atoms with E-state index in [9.17, 15) is 4.79 Å². The van der Waals surface area contributed by atoms with Gasteiger partial charge in [-0.3, -0.25) is 4.79 Å². The quantitative estimate of drug-likeness (QED) is 0.831. The summed E-state index contributed by atoms with van der Waals surface area (Å²) in [6.45, 7) is 4.28. The molecule has 3 unspecified atom stereocenters. The van der Waals surface area contributed by atoms with Crippen LogP contribution in [0.2, 0.25) is 0 Å². The lowest BCUT2D eigenvalue weighted by molar-refractivity contribution is -0.139. The molecule has 2 aliphatic heterocycles. The number of hydrogen-bond donors (Lipinski definition) is 1. The van der Waals surface area contributed by atoms with Crippen LogP contribution in [0.1, 0.15) is 58.3 Å².